The van der Waals surface area contributed by atoms with Crippen LogP contribution in [0.3, 0.4) is 0 Å². The van der Waals surface area contributed by atoms with E-state index in [1.807, 2.05) is 45.0 Å². The largest absolute Gasteiger partial charge is 0.449 e. The summed E-state index contributed by atoms with van der Waals surface area (Å²) >= 11 is 0. The van der Waals surface area contributed by atoms with Gasteiger partial charge in [0.05, 0.1) is 6.61 Å². The van der Waals surface area contributed by atoms with E-state index in [4.69, 9.17) is 9.47 Å². The van der Waals surface area contributed by atoms with Gasteiger partial charge < -0.3 is 19.3 Å². The third-order valence-electron chi connectivity index (χ3n) is 3.89. The van der Waals surface area contributed by atoms with Crippen LogP contribution in [-0.2, 0) is 11.2 Å². The highest BCUT2D eigenvalue weighted by molar-refractivity contribution is 5.70. The normalized spacial score (nSPS) is 11.7. The molecule has 6 nitrogen and oxygen atoms in total. The van der Waals surface area contributed by atoms with Crippen molar-refractivity contribution in [2.45, 2.75) is 48.0 Å². The Kier molecular flexibility index (Phi) is 8.33. The number of likely N-dealkylation sites (N-methyl/N-ethyl adjacent to an activating group) is 2. The van der Waals surface area contributed by atoms with Gasteiger partial charge in [-0.15, -0.1) is 0 Å². The van der Waals surface area contributed by atoms with Gasteiger partial charge in [0.15, 0.2) is 0 Å². The van der Waals surface area contributed by atoms with E-state index in [1.54, 1.807) is 14.1 Å². The molecule has 0 heterocycles. The van der Waals surface area contributed by atoms with Crippen molar-refractivity contribution in [2.24, 2.45) is 10.8 Å². The van der Waals surface area contributed by atoms with Crippen LogP contribution in [0.25, 0.3) is 0 Å². The molecule has 0 atom stereocenters. The van der Waals surface area contributed by atoms with E-state index < -0.39 is 12.2 Å². The molecule has 0 aliphatic heterocycles. The first-order valence-electron chi connectivity index (χ1n) is 9.67. The second kappa shape index (κ2) is 9.80. The van der Waals surface area contributed by atoms with Gasteiger partial charge in [0.25, 0.3) is 0 Å². The molecule has 0 radical (unpaired) electrons. The standard InChI is InChI=1S/C22H36N2O4/c1-21(2,3)15-17-9-11-18(12-10-17)28-20(26)24(8)14-13-23(7)19(25)27-16-22(4,5)6/h9-12H,13-16H2,1-8H3. The number of benzene rings is 1. The minimum Gasteiger partial charge on any atom is -0.449 e. The molecule has 0 aromatic heterocycles. The smallest absolute Gasteiger partial charge is 0.415 e. The van der Waals surface area contributed by atoms with Gasteiger partial charge in [0.2, 0.25) is 0 Å². The molecule has 0 aliphatic rings. The Morgan fingerprint density at radius 1 is 0.821 bits per heavy atom. The molecule has 0 N–H and O–H groups in total. The molecule has 1 aromatic rings. The summed E-state index contributed by atoms with van der Waals surface area (Å²) in [6.45, 7) is 13.6. The predicted molar refractivity (Wildman–Crippen MR) is 112 cm³/mol. The Morgan fingerprint density at radius 2 is 1.32 bits per heavy atom. The van der Waals surface area contributed by atoms with E-state index in [2.05, 4.69) is 20.8 Å². The van der Waals surface area contributed by atoms with E-state index >= 15 is 0 Å². The highest BCUT2D eigenvalue weighted by Gasteiger charge is 2.18. The molecule has 28 heavy (non-hydrogen) atoms. The highest BCUT2D eigenvalue weighted by Crippen LogP contribution is 2.22. The third-order valence-corrected chi connectivity index (χ3v) is 3.89. The van der Waals surface area contributed by atoms with Crippen LogP contribution in [0, 0.1) is 10.8 Å². The molecule has 0 saturated carbocycles. The summed E-state index contributed by atoms with van der Waals surface area (Å²) in [5.74, 6) is 0.507. The van der Waals surface area contributed by atoms with Crippen LogP contribution in [-0.4, -0.2) is 55.8 Å². The van der Waals surface area contributed by atoms with Crippen LogP contribution in [0.4, 0.5) is 9.59 Å². The van der Waals surface area contributed by atoms with E-state index in [0.717, 1.165) is 6.42 Å². The number of hydrogen-bond acceptors (Lipinski definition) is 4. The van der Waals surface area contributed by atoms with Crippen molar-refractivity contribution in [2.75, 3.05) is 33.8 Å². The van der Waals surface area contributed by atoms with Crippen LogP contribution in [0.15, 0.2) is 24.3 Å². The fourth-order valence-electron chi connectivity index (χ4n) is 2.34. The van der Waals surface area contributed by atoms with Crippen molar-refractivity contribution in [3.05, 3.63) is 29.8 Å². The van der Waals surface area contributed by atoms with Crippen LogP contribution in [0.5, 0.6) is 5.75 Å². The summed E-state index contributed by atoms with van der Waals surface area (Å²) in [7, 11) is 3.29. The average Bonchev–Trinajstić information content (AvgIpc) is 2.56. The SMILES string of the molecule is CN(CCN(C)C(=O)Oc1ccc(CC(C)(C)C)cc1)C(=O)OCC(C)(C)C. The molecule has 0 fully saturated rings. The summed E-state index contributed by atoms with van der Waals surface area (Å²) < 4.78 is 10.7. The van der Waals surface area contributed by atoms with E-state index in [-0.39, 0.29) is 10.8 Å². The maximum Gasteiger partial charge on any atom is 0.415 e. The Labute approximate surface area is 169 Å². The van der Waals surface area contributed by atoms with Crippen molar-refractivity contribution < 1.29 is 19.1 Å². The number of carbonyl (C=O) groups excluding carboxylic acids is 2. The van der Waals surface area contributed by atoms with Gasteiger partial charge in [-0.3, -0.25) is 0 Å². The number of hydrogen-bond donors (Lipinski definition) is 0. The second-order valence-corrected chi connectivity index (χ2v) is 9.71. The first kappa shape index (κ1) is 23.8. The number of nitrogens with zero attached hydrogens (tertiary/aromatic N) is 2. The lowest BCUT2D eigenvalue weighted by Crippen LogP contribution is -2.39. The van der Waals surface area contributed by atoms with Crippen molar-refractivity contribution in [1.29, 1.82) is 0 Å². The van der Waals surface area contributed by atoms with Crippen LogP contribution in [0.1, 0.15) is 47.1 Å². The molecule has 1 rings (SSSR count). The topological polar surface area (TPSA) is 59.1 Å². The lowest BCUT2D eigenvalue weighted by molar-refractivity contribution is 0.0764. The molecule has 6 heteroatoms. The molecule has 0 aliphatic carbocycles. The van der Waals surface area contributed by atoms with E-state index in [9.17, 15) is 9.59 Å². The van der Waals surface area contributed by atoms with Crippen molar-refractivity contribution in [3.63, 3.8) is 0 Å². The van der Waals surface area contributed by atoms with E-state index in [0.29, 0.717) is 25.4 Å². The molecule has 0 unspecified atom stereocenters. The minimum atomic E-state index is -0.458. The zero-order valence-corrected chi connectivity index (χ0v) is 18.7. The first-order chi connectivity index (χ1) is 12.8. The van der Waals surface area contributed by atoms with Crippen molar-refractivity contribution >= 4 is 12.2 Å². The fourth-order valence-corrected chi connectivity index (χ4v) is 2.34. The van der Waals surface area contributed by atoms with Gasteiger partial charge in [0.1, 0.15) is 5.75 Å². The van der Waals surface area contributed by atoms with Gasteiger partial charge in [-0.25, -0.2) is 9.59 Å². The van der Waals surface area contributed by atoms with Crippen LogP contribution < -0.4 is 4.74 Å². The number of amides is 2. The van der Waals surface area contributed by atoms with Crippen LogP contribution >= 0.6 is 0 Å². The minimum absolute atomic E-state index is 0.0838. The lowest BCUT2D eigenvalue weighted by Gasteiger charge is -2.24. The van der Waals surface area contributed by atoms with Gasteiger partial charge in [-0.2, -0.15) is 0 Å². The fraction of sp³-hybridized carbons (Fsp3) is 0.636. The summed E-state index contributed by atoms with van der Waals surface area (Å²) in [5.41, 5.74) is 1.33. The van der Waals surface area contributed by atoms with Crippen molar-refractivity contribution in [1.82, 2.24) is 9.80 Å². The molecule has 0 bridgehead atoms. The maximum atomic E-state index is 12.2. The molecule has 0 saturated heterocycles. The Bertz CT molecular complexity index is 642. The Morgan fingerprint density at radius 3 is 1.79 bits per heavy atom. The third kappa shape index (κ3) is 9.62. The van der Waals surface area contributed by atoms with Gasteiger partial charge >= 0.3 is 12.2 Å². The van der Waals surface area contributed by atoms with Gasteiger partial charge in [0, 0.05) is 27.2 Å². The molecule has 0 spiro atoms. The Hall–Kier alpha value is -2.24. The lowest BCUT2D eigenvalue weighted by atomic mass is 9.88. The molecule has 158 valence electrons. The first-order valence-corrected chi connectivity index (χ1v) is 9.67. The maximum absolute atomic E-state index is 12.2. The summed E-state index contributed by atoms with van der Waals surface area (Å²) in [4.78, 5) is 27.1. The predicted octanol–water partition coefficient (Wildman–Crippen LogP) is 4.82. The van der Waals surface area contributed by atoms with Gasteiger partial charge in [-0.05, 0) is 34.9 Å². The Balaban J connectivity index is 2.45. The molecular weight excluding hydrogens is 356 g/mol. The number of ether oxygens (including phenoxy) is 2. The molecule has 1 aromatic carbocycles. The number of carbonyl (C=O) groups is 2. The monoisotopic (exact) mass is 392 g/mol. The van der Waals surface area contributed by atoms with Gasteiger partial charge in [-0.1, -0.05) is 53.7 Å². The zero-order chi connectivity index (χ0) is 21.5. The highest BCUT2D eigenvalue weighted by atomic mass is 16.6. The second-order valence-electron chi connectivity index (χ2n) is 9.71. The average molecular weight is 393 g/mol. The summed E-state index contributed by atoms with van der Waals surface area (Å²) in [6, 6.07) is 7.57. The summed E-state index contributed by atoms with van der Waals surface area (Å²) in [6.07, 6.45) is 0.102. The van der Waals surface area contributed by atoms with Crippen molar-refractivity contribution in [3.8, 4) is 5.75 Å². The zero-order valence-electron chi connectivity index (χ0n) is 18.7. The van der Waals surface area contributed by atoms with Crippen LogP contribution in [0.2, 0.25) is 0 Å². The molecule has 2 amide bonds. The number of rotatable bonds is 6. The molecular formula is C22H36N2O4. The summed E-state index contributed by atoms with van der Waals surface area (Å²) in [5, 5.41) is 0. The van der Waals surface area contributed by atoms with E-state index in [1.165, 1.54) is 15.4 Å². The quantitative estimate of drug-likeness (QED) is 0.696.